The predicted molar refractivity (Wildman–Crippen MR) is 145 cm³/mol. The summed E-state index contributed by atoms with van der Waals surface area (Å²) in [7, 11) is 1.53. The molecule has 14 heteroatoms. The van der Waals surface area contributed by atoms with Gasteiger partial charge in [-0.15, -0.1) is 0 Å². The molecule has 0 radical (unpaired) electrons. The molecule has 40 heavy (non-hydrogen) atoms. The highest BCUT2D eigenvalue weighted by atomic mass is 35.5. The highest BCUT2D eigenvalue weighted by molar-refractivity contribution is 6.32. The average Bonchev–Trinajstić information content (AvgIpc) is 2.88. The second-order valence-corrected chi connectivity index (χ2v) is 10.5. The topological polar surface area (TPSA) is 122 Å². The van der Waals surface area contributed by atoms with Gasteiger partial charge in [0.15, 0.2) is 24.3 Å². The molecule has 0 bridgehead atoms. The minimum atomic E-state index is -4.86. The molecule has 1 aliphatic heterocycles. The van der Waals surface area contributed by atoms with Crippen molar-refractivity contribution in [3.63, 3.8) is 0 Å². The second kappa shape index (κ2) is 11.9. The first-order chi connectivity index (χ1) is 18.8. The van der Waals surface area contributed by atoms with Gasteiger partial charge in [-0.25, -0.2) is 4.98 Å². The SMILES string of the molecule is C[C@@H]1C[C@H](C)CN(c2ncc(Cl)c(Nc3ccc4c(c3)cc(OCC(=O)NCC(O)C(F)(F)F)c(=O)n4C)n2)C1. The highest BCUT2D eigenvalue weighted by Gasteiger charge is 2.38. The Hall–Kier alpha value is -3.58. The summed E-state index contributed by atoms with van der Waals surface area (Å²) in [4.78, 5) is 35.8. The van der Waals surface area contributed by atoms with Gasteiger partial charge < -0.3 is 29.9 Å². The lowest BCUT2D eigenvalue weighted by Gasteiger charge is -2.35. The molecule has 3 N–H and O–H groups in total. The maximum atomic E-state index is 12.7. The third-order valence-electron chi connectivity index (χ3n) is 6.57. The number of nitrogens with one attached hydrogen (secondary N) is 2. The number of aromatic nitrogens is 3. The van der Waals surface area contributed by atoms with Crippen molar-refractivity contribution in [3.8, 4) is 5.75 Å². The molecule has 1 aliphatic rings. The number of alkyl halides is 3. The number of fused-ring (bicyclic) bond motifs is 1. The third-order valence-corrected chi connectivity index (χ3v) is 6.84. The molecule has 1 fully saturated rings. The van der Waals surface area contributed by atoms with Crippen molar-refractivity contribution in [1.82, 2.24) is 19.9 Å². The number of aliphatic hydroxyl groups excluding tert-OH is 1. The maximum Gasteiger partial charge on any atom is 0.416 e. The lowest BCUT2D eigenvalue weighted by Crippen LogP contribution is -2.42. The molecule has 0 spiro atoms. The van der Waals surface area contributed by atoms with Crippen molar-refractivity contribution in [2.75, 3.05) is 36.5 Å². The largest absolute Gasteiger partial charge is 0.478 e. The van der Waals surface area contributed by atoms with E-state index in [-0.39, 0.29) is 5.75 Å². The van der Waals surface area contributed by atoms with Gasteiger partial charge in [0, 0.05) is 31.2 Å². The molecule has 0 aliphatic carbocycles. The van der Waals surface area contributed by atoms with E-state index in [4.69, 9.17) is 21.4 Å². The molecule has 0 saturated carbocycles. The van der Waals surface area contributed by atoms with Crippen molar-refractivity contribution < 1.29 is 27.8 Å². The number of rotatable bonds is 8. The molecule has 3 aromatic rings. The number of anilines is 3. The summed E-state index contributed by atoms with van der Waals surface area (Å²) >= 11 is 6.39. The summed E-state index contributed by atoms with van der Waals surface area (Å²) < 4.78 is 43.9. The van der Waals surface area contributed by atoms with Crippen LogP contribution in [0.2, 0.25) is 5.02 Å². The Bertz CT molecular complexity index is 1440. The van der Waals surface area contributed by atoms with Gasteiger partial charge in [-0.3, -0.25) is 9.59 Å². The van der Waals surface area contributed by atoms with Crippen molar-refractivity contribution >= 4 is 45.9 Å². The number of piperidine rings is 1. The van der Waals surface area contributed by atoms with Crippen LogP contribution in [0.1, 0.15) is 20.3 Å². The molecule has 10 nitrogen and oxygen atoms in total. The zero-order chi connectivity index (χ0) is 29.2. The number of amides is 1. The quantitative estimate of drug-likeness (QED) is 0.368. The Kier molecular flexibility index (Phi) is 8.74. The molecule has 2 aromatic heterocycles. The molecule has 1 saturated heterocycles. The molecule has 3 atom stereocenters. The van der Waals surface area contributed by atoms with Crippen molar-refractivity contribution in [2.45, 2.75) is 32.5 Å². The fourth-order valence-electron chi connectivity index (χ4n) is 4.72. The molecule has 1 unspecified atom stereocenters. The number of hydrogen-bond acceptors (Lipinski definition) is 8. The first kappa shape index (κ1) is 29.4. The maximum absolute atomic E-state index is 12.7. The van der Waals surface area contributed by atoms with E-state index in [1.165, 1.54) is 17.7 Å². The van der Waals surface area contributed by atoms with E-state index in [1.807, 2.05) is 5.32 Å². The molecule has 216 valence electrons. The molecule has 1 aromatic carbocycles. The fourth-order valence-corrected chi connectivity index (χ4v) is 4.85. The van der Waals surface area contributed by atoms with Gasteiger partial charge in [-0.05, 0) is 42.5 Å². The zero-order valence-electron chi connectivity index (χ0n) is 22.1. The third kappa shape index (κ3) is 6.94. The summed E-state index contributed by atoms with van der Waals surface area (Å²) in [5.74, 6) is 0.920. The van der Waals surface area contributed by atoms with Gasteiger partial charge in [0.05, 0.1) is 18.3 Å². The van der Waals surface area contributed by atoms with Crippen LogP contribution in [0.25, 0.3) is 10.9 Å². The minimum Gasteiger partial charge on any atom is -0.478 e. The van der Waals surface area contributed by atoms with Crippen LogP contribution >= 0.6 is 11.6 Å². The Labute approximate surface area is 233 Å². The molecular weight excluding hydrogens is 553 g/mol. The van der Waals surface area contributed by atoms with Gasteiger partial charge in [0.25, 0.3) is 11.5 Å². The van der Waals surface area contributed by atoms with Crippen LogP contribution in [-0.4, -0.2) is 64.1 Å². The van der Waals surface area contributed by atoms with E-state index in [0.717, 1.165) is 19.5 Å². The van der Waals surface area contributed by atoms with Gasteiger partial charge in [0.2, 0.25) is 5.95 Å². The number of benzene rings is 1. The van der Waals surface area contributed by atoms with E-state index < -0.39 is 36.9 Å². The van der Waals surface area contributed by atoms with Crippen LogP contribution in [0.5, 0.6) is 5.75 Å². The van der Waals surface area contributed by atoms with E-state index >= 15 is 0 Å². The zero-order valence-corrected chi connectivity index (χ0v) is 22.9. The Morgan fingerprint density at radius 2 is 1.95 bits per heavy atom. The molecular formula is C26H30ClF3N6O4. The summed E-state index contributed by atoms with van der Waals surface area (Å²) in [6.45, 7) is 4.35. The lowest BCUT2D eigenvalue weighted by molar-refractivity contribution is -0.201. The van der Waals surface area contributed by atoms with Crippen molar-refractivity contribution in [1.29, 1.82) is 0 Å². The summed E-state index contributed by atoms with van der Waals surface area (Å²) in [6, 6.07) is 6.65. The number of pyridine rings is 1. The number of aryl methyl sites for hydroxylation is 1. The summed E-state index contributed by atoms with van der Waals surface area (Å²) in [5, 5.41) is 15.0. The monoisotopic (exact) mass is 582 g/mol. The molecule has 4 rings (SSSR count). The van der Waals surface area contributed by atoms with Crippen LogP contribution in [0, 0.1) is 11.8 Å². The first-order valence-electron chi connectivity index (χ1n) is 12.6. The second-order valence-electron chi connectivity index (χ2n) is 10.1. The number of halogens is 4. The van der Waals surface area contributed by atoms with E-state index in [0.29, 0.717) is 45.2 Å². The van der Waals surface area contributed by atoms with E-state index in [1.54, 1.807) is 24.4 Å². The highest BCUT2D eigenvalue weighted by Crippen LogP contribution is 2.30. The lowest BCUT2D eigenvalue weighted by atomic mass is 9.92. The van der Waals surface area contributed by atoms with Crippen molar-refractivity contribution in [3.05, 3.63) is 45.8 Å². The number of carbonyl (C=O) groups is 1. The van der Waals surface area contributed by atoms with Gasteiger partial charge >= 0.3 is 6.18 Å². The Morgan fingerprint density at radius 3 is 2.62 bits per heavy atom. The van der Waals surface area contributed by atoms with E-state index in [9.17, 15) is 22.8 Å². The van der Waals surface area contributed by atoms with Crippen LogP contribution < -0.4 is 25.8 Å². The van der Waals surface area contributed by atoms with Gasteiger partial charge in [0.1, 0.15) is 5.02 Å². The van der Waals surface area contributed by atoms with Crippen LogP contribution in [0.4, 0.5) is 30.6 Å². The van der Waals surface area contributed by atoms with E-state index in [2.05, 4.69) is 34.0 Å². The number of nitrogens with zero attached hydrogens (tertiary/aromatic N) is 4. The van der Waals surface area contributed by atoms with Gasteiger partial charge in [-0.2, -0.15) is 18.2 Å². The van der Waals surface area contributed by atoms with Crippen LogP contribution in [0.3, 0.4) is 0 Å². The number of aliphatic hydroxyl groups is 1. The summed E-state index contributed by atoms with van der Waals surface area (Å²) in [5.41, 5.74) is 0.652. The Morgan fingerprint density at radius 1 is 1.25 bits per heavy atom. The number of carbonyl (C=O) groups excluding carboxylic acids is 1. The van der Waals surface area contributed by atoms with Gasteiger partial charge in [-0.1, -0.05) is 25.4 Å². The Balaban J connectivity index is 1.51. The number of hydrogen-bond donors (Lipinski definition) is 3. The minimum absolute atomic E-state index is 0.172. The smallest absolute Gasteiger partial charge is 0.416 e. The number of ether oxygens (including phenoxy) is 1. The standard InChI is InChI=1S/C26H30ClF3N6O4/c1-14-6-15(2)12-36(11-14)25-32-9-18(27)23(34-25)33-17-4-5-19-16(7-17)8-20(24(39)35(19)3)40-13-22(38)31-10-21(37)26(28,29)30/h4-5,7-9,14-15,21,37H,6,10-13H2,1-3H3,(H,31,38)(H,32,33,34)/t14-,15+,21?. The normalized spacial score (nSPS) is 18.4. The van der Waals surface area contributed by atoms with Crippen LogP contribution in [0.15, 0.2) is 35.3 Å². The van der Waals surface area contributed by atoms with Crippen LogP contribution in [-0.2, 0) is 11.8 Å². The first-order valence-corrected chi connectivity index (χ1v) is 13.0. The average molecular weight is 583 g/mol. The fraction of sp³-hybridized carbons (Fsp3) is 0.462. The summed E-state index contributed by atoms with van der Waals surface area (Å²) in [6.07, 6.45) is -4.88. The molecule has 3 heterocycles. The molecule has 1 amide bonds. The predicted octanol–water partition coefficient (Wildman–Crippen LogP) is 3.63. The van der Waals surface area contributed by atoms with Crippen molar-refractivity contribution in [2.24, 2.45) is 18.9 Å².